The number of hydrogen-bond donors (Lipinski definition) is 2. The zero-order chi connectivity index (χ0) is 17.5. The predicted molar refractivity (Wildman–Crippen MR) is 95.0 cm³/mol. The van der Waals surface area contributed by atoms with Gasteiger partial charge in [-0.05, 0) is 36.4 Å². The molecule has 0 spiro atoms. The molecule has 0 atom stereocenters. The number of nitrogens with zero attached hydrogens (tertiary/aromatic N) is 1. The number of hydrazone groups is 1. The second-order valence-electron chi connectivity index (χ2n) is 4.58. The Labute approximate surface area is 152 Å². The van der Waals surface area contributed by atoms with Crippen molar-refractivity contribution in [2.45, 2.75) is 0 Å². The summed E-state index contributed by atoms with van der Waals surface area (Å²) in [7, 11) is 1.51. The molecule has 0 bridgehead atoms. The van der Waals surface area contributed by atoms with E-state index < -0.39 is 5.91 Å². The lowest BCUT2D eigenvalue weighted by Gasteiger charge is -2.10. The minimum Gasteiger partial charge on any atom is -0.507 e. The molecule has 2 N–H and O–H groups in total. The van der Waals surface area contributed by atoms with Gasteiger partial charge in [0.1, 0.15) is 5.75 Å². The Morgan fingerprint density at radius 2 is 2.12 bits per heavy atom. The van der Waals surface area contributed by atoms with Crippen LogP contribution in [0, 0.1) is 0 Å². The molecule has 0 unspecified atom stereocenters. The lowest BCUT2D eigenvalue weighted by Crippen LogP contribution is -2.24. The van der Waals surface area contributed by atoms with Crippen molar-refractivity contribution in [3.63, 3.8) is 0 Å². The smallest absolute Gasteiger partial charge is 0.277 e. The fourth-order valence-electron chi connectivity index (χ4n) is 1.74. The van der Waals surface area contributed by atoms with Gasteiger partial charge in [0, 0.05) is 15.1 Å². The first kappa shape index (κ1) is 18.1. The highest BCUT2D eigenvalue weighted by Gasteiger charge is 2.07. The molecule has 0 fully saturated rings. The first-order chi connectivity index (χ1) is 11.5. The highest BCUT2D eigenvalue weighted by Crippen LogP contribution is 2.30. The van der Waals surface area contributed by atoms with Crippen LogP contribution in [0.5, 0.6) is 17.2 Å². The van der Waals surface area contributed by atoms with Gasteiger partial charge in [0.05, 0.1) is 13.3 Å². The maximum absolute atomic E-state index is 11.7. The fourth-order valence-corrected chi connectivity index (χ4v) is 2.26. The number of nitrogens with one attached hydrogen (secondary N) is 1. The molecular weight excluding hydrogens is 400 g/mol. The molecule has 126 valence electrons. The van der Waals surface area contributed by atoms with E-state index in [-0.39, 0.29) is 12.4 Å². The molecule has 0 aromatic heterocycles. The lowest BCUT2D eigenvalue weighted by molar-refractivity contribution is -0.123. The first-order valence-electron chi connectivity index (χ1n) is 6.76. The number of rotatable bonds is 6. The van der Waals surface area contributed by atoms with Gasteiger partial charge in [0.25, 0.3) is 5.91 Å². The van der Waals surface area contributed by atoms with Gasteiger partial charge in [0.15, 0.2) is 18.1 Å². The number of amides is 1. The molecule has 0 aliphatic carbocycles. The summed E-state index contributed by atoms with van der Waals surface area (Å²) in [4.78, 5) is 11.7. The fraction of sp³-hybridized carbons (Fsp3) is 0.125. The van der Waals surface area contributed by atoms with E-state index in [1.807, 2.05) is 0 Å². The molecule has 0 radical (unpaired) electrons. The van der Waals surface area contributed by atoms with Gasteiger partial charge in [-0.15, -0.1) is 0 Å². The zero-order valence-corrected chi connectivity index (χ0v) is 15.0. The van der Waals surface area contributed by atoms with Crippen molar-refractivity contribution in [1.29, 1.82) is 0 Å². The van der Waals surface area contributed by atoms with Crippen LogP contribution >= 0.6 is 27.5 Å². The molecule has 6 nitrogen and oxygen atoms in total. The topological polar surface area (TPSA) is 80.2 Å². The lowest BCUT2D eigenvalue weighted by atomic mass is 10.2. The number of carbonyl (C=O) groups is 1. The normalized spacial score (nSPS) is 10.6. The van der Waals surface area contributed by atoms with E-state index in [9.17, 15) is 9.90 Å². The highest BCUT2D eigenvalue weighted by molar-refractivity contribution is 9.10. The monoisotopic (exact) mass is 412 g/mol. The van der Waals surface area contributed by atoms with E-state index in [1.165, 1.54) is 25.5 Å². The number of methoxy groups -OCH3 is 1. The van der Waals surface area contributed by atoms with Crippen molar-refractivity contribution in [2.75, 3.05) is 13.7 Å². The number of benzene rings is 2. The van der Waals surface area contributed by atoms with Crippen LogP contribution in [0.25, 0.3) is 0 Å². The number of carbonyl (C=O) groups excluding carboxylic acids is 1. The summed E-state index contributed by atoms with van der Waals surface area (Å²) in [6.45, 7) is -0.239. The standard InChI is InChI=1S/C16H14BrClN2O4/c1-23-15-7-11(17)2-5-14(15)24-9-16(22)20-19-8-10-6-12(18)3-4-13(10)21/h2-8,21H,9H2,1H3,(H,20,22). The van der Waals surface area contributed by atoms with Crippen molar-refractivity contribution in [3.8, 4) is 17.2 Å². The van der Waals surface area contributed by atoms with Crippen LogP contribution in [0.4, 0.5) is 0 Å². The van der Waals surface area contributed by atoms with Gasteiger partial charge in [-0.1, -0.05) is 27.5 Å². The Kier molecular flexibility index (Phi) is 6.45. The Morgan fingerprint density at radius 3 is 2.88 bits per heavy atom. The molecule has 2 rings (SSSR count). The largest absolute Gasteiger partial charge is 0.507 e. The zero-order valence-electron chi connectivity index (χ0n) is 12.6. The summed E-state index contributed by atoms with van der Waals surface area (Å²) in [6.07, 6.45) is 1.29. The van der Waals surface area contributed by atoms with Crippen LogP contribution in [0.3, 0.4) is 0 Å². The van der Waals surface area contributed by atoms with E-state index in [1.54, 1.807) is 24.3 Å². The van der Waals surface area contributed by atoms with Crippen molar-refractivity contribution < 1.29 is 19.4 Å². The molecule has 0 aliphatic rings. The van der Waals surface area contributed by atoms with Gasteiger partial charge >= 0.3 is 0 Å². The van der Waals surface area contributed by atoms with E-state index in [2.05, 4.69) is 26.5 Å². The third-order valence-corrected chi connectivity index (χ3v) is 3.60. The van der Waals surface area contributed by atoms with E-state index in [0.29, 0.717) is 22.1 Å². The molecule has 0 saturated carbocycles. The minimum absolute atomic E-state index is 0.00764. The highest BCUT2D eigenvalue weighted by atomic mass is 79.9. The number of phenols is 1. The molecule has 0 saturated heterocycles. The molecule has 0 aliphatic heterocycles. The molecule has 24 heavy (non-hydrogen) atoms. The Bertz CT molecular complexity index is 768. The molecular formula is C16H14BrClN2O4. The second-order valence-corrected chi connectivity index (χ2v) is 5.93. The van der Waals surface area contributed by atoms with Crippen molar-refractivity contribution >= 4 is 39.7 Å². The van der Waals surface area contributed by atoms with Crippen LogP contribution in [-0.2, 0) is 4.79 Å². The second kappa shape index (κ2) is 8.56. The third-order valence-electron chi connectivity index (χ3n) is 2.87. The predicted octanol–water partition coefficient (Wildman–Crippen LogP) is 3.35. The van der Waals surface area contributed by atoms with Gasteiger partial charge in [-0.2, -0.15) is 5.10 Å². The van der Waals surface area contributed by atoms with Crippen LogP contribution in [-0.4, -0.2) is 30.9 Å². The van der Waals surface area contributed by atoms with E-state index in [4.69, 9.17) is 21.1 Å². The van der Waals surface area contributed by atoms with Crippen LogP contribution in [0.2, 0.25) is 5.02 Å². The summed E-state index contributed by atoms with van der Waals surface area (Å²) in [5.74, 6) is 0.489. The SMILES string of the molecule is COc1cc(Br)ccc1OCC(=O)NN=Cc1cc(Cl)ccc1O. The third kappa shape index (κ3) is 5.14. The summed E-state index contributed by atoms with van der Waals surface area (Å²) < 4.78 is 11.4. The summed E-state index contributed by atoms with van der Waals surface area (Å²) >= 11 is 9.14. The van der Waals surface area contributed by atoms with Gasteiger partial charge in [-0.3, -0.25) is 4.79 Å². The summed E-state index contributed by atoms with van der Waals surface area (Å²) in [6, 6.07) is 9.70. The van der Waals surface area contributed by atoms with Crippen LogP contribution < -0.4 is 14.9 Å². The number of hydrogen-bond acceptors (Lipinski definition) is 5. The number of halogens is 2. The molecule has 0 heterocycles. The maximum atomic E-state index is 11.7. The Balaban J connectivity index is 1.90. The maximum Gasteiger partial charge on any atom is 0.277 e. The molecule has 2 aromatic carbocycles. The molecule has 2 aromatic rings. The summed E-state index contributed by atoms with van der Waals surface area (Å²) in [5.41, 5.74) is 2.69. The number of ether oxygens (including phenoxy) is 2. The number of phenolic OH excluding ortho intramolecular Hbond substituents is 1. The molecule has 8 heteroatoms. The minimum atomic E-state index is -0.460. The Hall–Kier alpha value is -2.25. The van der Waals surface area contributed by atoms with Crippen molar-refractivity contribution in [1.82, 2.24) is 5.43 Å². The van der Waals surface area contributed by atoms with Gasteiger partial charge in [-0.25, -0.2) is 5.43 Å². The van der Waals surface area contributed by atoms with Crippen molar-refractivity contribution in [3.05, 3.63) is 51.5 Å². The van der Waals surface area contributed by atoms with Crippen LogP contribution in [0.15, 0.2) is 46.0 Å². The van der Waals surface area contributed by atoms with Gasteiger partial charge < -0.3 is 14.6 Å². The first-order valence-corrected chi connectivity index (χ1v) is 7.93. The average Bonchev–Trinajstić information content (AvgIpc) is 2.56. The van der Waals surface area contributed by atoms with Gasteiger partial charge in [0.2, 0.25) is 0 Å². The van der Waals surface area contributed by atoms with Crippen LogP contribution in [0.1, 0.15) is 5.56 Å². The molecule has 1 amide bonds. The quantitative estimate of drug-likeness (QED) is 0.562. The Morgan fingerprint density at radius 1 is 1.33 bits per heavy atom. The number of aromatic hydroxyl groups is 1. The van der Waals surface area contributed by atoms with E-state index in [0.717, 1.165) is 4.47 Å². The average molecular weight is 414 g/mol. The summed E-state index contributed by atoms with van der Waals surface area (Å²) in [5, 5.41) is 13.8. The van der Waals surface area contributed by atoms with E-state index >= 15 is 0 Å². The van der Waals surface area contributed by atoms with Crippen molar-refractivity contribution in [2.24, 2.45) is 5.10 Å².